The fourth-order valence-corrected chi connectivity index (χ4v) is 1.37. The molecule has 0 amide bonds. The molecular formula is C10H14ClNO4. The van der Waals surface area contributed by atoms with Crippen molar-refractivity contribution in [2.24, 2.45) is 5.73 Å². The molecule has 0 saturated carbocycles. The predicted octanol–water partition coefficient (Wildman–Crippen LogP) is 0.813. The van der Waals surface area contributed by atoms with Crippen LogP contribution in [0.3, 0.4) is 0 Å². The normalized spacial score (nSPS) is 11.7. The molecular weight excluding hydrogens is 234 g/mol. The van der Waals surface area contributed by atoms with Crippen molar-refractivity contribution >= 4 is 18.4 Å². The predicted molar refractivity (Wildman–Crippen MR) is 61.1 cm³/mol. The summed E-state index contributed by atoms with van der Waals surface area (Å²) in [5.41, 5.74) is 6.05. The summed E-state index contributed by atoms with van der Waals surface area (Å²) in [6.07, 6.45) is 0. The van der Waals surface area contributed by atoms with E-state index < -0.39 is 18.6 Å². The smallest absolute Gasteiger partial charge is 0.336 e. The topological polar surface area (TPSA) is 104 Å². The van der Waals surface area contributed by atoms with Gasteiger partial charge in [-0.05, 0) is 18.6 Å². The van der Waals surface area contributed by atoms with E-state index in [1.54, 1.807) is 6.92 Å². The molecule has 0 aliphatic heterocycles. The van der Waals surface area contributed by atoms with Gasteiger partial charge in [-0.3, -0.25) is 0 Å². The van der Waals surface area contributed by atoms with Gasteiger partial charge < -0.3 is 21.1 Å². The molecule has 1 atom stereocenters. The van der Waals surface area contributed by atoms with E-state index in [0.29, 0.717) is 5.56 Å². The number of halogens is 1. The van der Waals surface area contributed by atoms with E-state index >= 15 is 0 Å². The van der Waals surface area contributed by atoms with Crippen LogP contribution in [0.1, 0.15) is 27.5 Å². The number of carboxylic acid groups (broad SMARTS) is 1. The molecule has 0 aromatic heterocycles. The van der Waals surface area contributed by atoms with Gasteiger partial charge >= 0.3 is 5.97 Å². The second-order valence-corrected chi connectivity index (χ2v) is 3.29. The van der Waals surface area contributed by atoms with Crippen molar-refractivity contribution in [1.82, 2.24) is 0 Å². The van der Waals surface area contributed by atoms with Crippen LogP contribution in [0, 0.1) is 6.92 Å². The lowest BCUT2D eigenvalue weighted by molar-refractivity contribution is 0.0694. The van der Waals surface area contributed by atoms with Gasteiger partial charge in [-0.15, -0.1) is 12.4 Å². The first-order valence-corrected chi connectivity index (χ1v) is 4.41. The van der Waals surface area contributed by atoms with Crippen molar-refractivity contribution in [3.8, 4) is 5.75 Å². The van der Waals surface area contributed by atoms with E-state index in [1.165, 1.54) is 12.1 Å². The van der Waals surface area contributed by atoms with Crippen molar-refractivity contribution in [2.75, 3.05) is 6.61 Å². The van der Waals surface area contributed by atoms with Gasteiger partial charge in [0, 0.05) is 5.56 Å². The van der Waals surface area contributed by atoms with Crippen LogP contribution in [0.25, 0.3) is 0 Å². The number of aliphatic hydroxyl groups is 1. The van der Waals surface area contributed by atoms with Crippen LogP contribution in [-0.4, -0.2) is 27.9 Å². The van der Waals surface area contributed by atoms with Gasteiger partial charge in [0.1, 0.15) is 5.75 Å². The molecule has 0 fully saturated rings. The van der Waals surface area contributed by atoms with Crippen molar-refractivity contribution in [3.05, 3.63) is 28.8 Å². The molecule has 90 valence electrons. The van der Waals surface area contributed by atoms with Crippen LogP contribution < -0.4 is 5.73 Å². The quantitative estimate of drug-likeness (QED) is 0.633. The Labute approximate surface area is 98.9 Å². The average molecular weight is 248 g/mol. The van der Waals surface area contributed by atoms with Crippen LogP contribution in [-0.2, 0) is 0 Å². The van der Waals surface area contributed by atoms with Crippen molar-refractivity contribution in [2.45, 2.75) is 13.0 Å². The summed E-state index contributed by atoms with van der Waals surface area (Å²) in [5.74, 6) is -1.35. The van der Waals surface area contributed by atoms with Crippen molar-refractivity contribution < 1.29 is 20.1 Å². The van der Waals surface area contributed by atoms with Gasteiger partial charge in [0.2, 0.25) is 0 Å². The zero-order valence-electron chi connectivity index (χ0n) is 8.67. The summed E-state index contributed by atoms with van der Waals surface area (Å²) in [7, 11) is 0. The maximum atomic E-state index is 10.9. The highest BCUT2D eigenvalue weighted by atomic mass is 35.5. The largest absolute Gasteiger partial charge is 0.507 e. The van der Waals surface area contributed by atoms with Gasteiger partial charge in [-0.2, -0.15) is 0 Å². The number of carboxylic acids is 1. The van der Waals surface area contributed by atoms with Crippen LogP contribution in [0.5, 0.6) is 5.75 Å². The molecule has 0 bridgehead atoms. The highest BCUT2D eigenvalue weighted by Crippen LogP contribution is 2.29. The molecule has 16 heavy (non-hydrogen) atoms. The van der Waals surface area contributed by atoms with Crippen LogP contribution in [0.2, 0.25) is 0 Å². The molecule has 5 N–H and O–H groups in total. The SMILES string of the molecule is Cc1ccc(C(=O)O)c([C@H](N)CO)c1O.Cl. The number of nitrogens with two attached hydrogens (primary N) is 1. The number of hydrogen-bond donors (Lipinski definition) is 4. The maximum absolute atomic E-state index is 10.9. The molecule has 5 nitrogen and oxygen atoms in total. The molecule has 0 aliphatic rings. The Balaban J connectivity index is 0.00000225. The summed E-state index contributed by atoms with van der Waals surface area (Å²) in [5, 5.41) is 27.4. The molecule has 0 aliphatic carbocycles. The standard InChI is InChI=1S/C10H13NO4.ClH/c1-5-2-3-6(10(14)15)8(9(5)13)7(11)4-12;/h2-3,7,12-13H,4,11H2,1H3,(H,14,15);1H/t7-;/m1./s1. The van der Waals surface area contributed by atoms with E-state index in [9.17, 15) is 9.90 Å². The highest BCUT2D eigenvalue weighted by Gasteiger charge is 2.20. The molecule has 0 radical (unpaired) electrons. The number of phenols is 1. The van der Waals surface area contributed by atoms with Gasteiger partial charge in [-0.1, -0.05) is 6.07 Å². The number of benzene rings is 1. The Kier molecular flexibility index (Phi) is 5.23. The Bertz CT molecular complexity index is 395. The van der Waals surface area contributed by atoms with E-state index in [4.69, 9.17) is 15.9 Å². The Morgan fingerprint density at radius 2 is 2.06 bits per heavy atom. The van der Waals surface area contributed by atoms with Crippen LogP contribution in [0.15, 0.2) is 12.1 Å². The van der Waals surface area contributed by atoms with Crippen LogP contribution >= 0.6 is 12.4 Å². The third-order valence-corrected chi connectivity index (χ3v) is 2.22. The minimum Gasteiger partial charge on any atom is -0.507 e. The van der Waals surface area contributed by atoms with Crippen LogP contribution in [0.4, 0.5) is 0 Å². The molecule has 1 aromatic carbocycles. The zero-order valence-corrected chi connectivity index (χ0v) is 9.49. The second kappa shape index (κ2) is 5.69. The van der Waals surface area contributed by atoms with E-state index in [-0.39, 0.29) is 29.3 Å². The third-order valence-electron chi connectivity index (χ3n) is 2.22. The van der Waals surface area contributed by atoms with Gasteiger partial charge in [0.05, 0.1) is 18.2 Å². The third kappa shape index (κ3) is 2.63. The van der Waals surface area contributed by atoms with Crippen molar-refractivity contribution in [3.63, 3.8) is 0 Å². The molecule has 0 saturated heterocycles. The Hall–Kier alpha value is -1.30. The van der Waals surface area contributed by atoms with Crippen molar-refractivity contribution in [1.29, 1.82) is 0 Å². The molecule has 0 spiro atoms. The van der Waals surface area contributed by atoms with E-state index in [1.807, 2.05) is 0 Å². The minimum absolute atomic E-state index is 0. The van der Waals surface area contributed by atoms with Gasteiger partial charge in [0.15, 0.2) is 0 Å². The number of aliphatic hydroxyl groups excluding tert-OH is 1. The second-order valence-electron chi connectivity index (χ2n) is 3.29. The number of rotatable bonds is 3. The maximum Gasteiger partial charge on any atom is 0.336 e. The molecule has 6 heteroatoms. The fraction of sp³-hybridized carbons (Fsp3) is 0.300. The summed E-state index contributed by atoms with van der Waals surface area (Å²) in [6.45, 7) is 1.21. The highest BCUT2D eigenvalue weighted by molar-refractivity contribution is 5.90. The summed E-state index contributed by atoms with van der Waals surface area (Å²) in [4.78, 5) is 10.9. The first-order chi connectivity index (χ1) is 6.99. The van der Waals surface area contributed by atoms with E-state index in [2.05, 4.69) is 0 Å². The lowest BCUT2D eigenvalue weighted by Gasteiger charge is -2.15. The number of aromatic hydroxyl groups is 1. The summed E-state index contributed by atoms with van der Waals surface area (Å²) < 4.78 is 0. The summed E-state index contributed by atoms with van der Waals surface area (Å²) >= 11 is 0. The first kappa shape index (κ1) is 14.7. The van der Waals surface area contributed by atoms with Gasteiger partial charge in [0.25, 0.3) is 0 Å². The fourth-order valence-electron chi connectivity index (χ4n) is 1.37. The number of hydrogen-bond acceptors (Lipinski definition) is 4. The van der Waals surface area contributed by atoms with E-state index in [0.717, 1.165) is 0 Å². The number of aryl methyl sites for hydroxylation is 1. The summed E-state index contributed by atoms with van der Waals surface area (Å²) in [6, 6.07) is 1.96. The Morgan fingerprint density at radius 3 is 2.50 bits per heavy atom. The zero-order chi connectivity index (χ0) is 11.6. The minimum atomic E-state index is -1.18. The molecule has 0 unspecified atom stereocenters. The lowest BCUT2D eigenvalue weighted by Crippen LogP contribution is -2.18. The number of aromatic carboxylic acids is 1. The number of carbonyl (C=O) groups is 1. The first-order valence-electron chi connectivity index (χ1n) is 4.41. The monoisotopic (exact) mass is 247 g/mol. The molecule has 0 heterocycles. The number of phenolic OH excluding ortho intramolecular Hbond substituents is 1. The Morgan fingerprint density at radius 1 is 1.50 bits per heavy atom. The molecule has 1 aromatic rings. The average Bonchev–Trinajstić information content (AvgIpc) is 2.20. The lowest BCUT2D eigenvalue weighted by atomic mass is 9.97. The molecule has 1 rings (SSSR count). The van der Waals surface area contributed by atoms with Gasteiger partial charge in [-0.25, -0.2) is 4.79 Å².